The van der Waals surface area contributed by atoms with Crippen molar-refractivity contribution in [3.05, 3.63) is 53.6 Å². The Labute approximate surface area is 131 Å². The summed E-state index contributed by atoms with van der Waals surface area (Å²) in [6, 6.07) is 13.2. The highest BCUT2D eigenvalue weighted by molar-refractivity contribution is 5.94. The molecule has 4 heteroatoms. The van der Waals surface area contributed by atoms with E-state index < -0.39 is 6.10 Å². The quantitative estimate of drug-likeness (QED) is 0.915. The molecule has 0 aliphatic rings. The normalized spacial score (nSPS) is 11.6. The van der Waals surface area contributed by atoms with E-state index in [-0.39, 0.29) is 5.91 Å². The number of rotatable bonds is 5. The van der Waals surface area contributed by atoms with Crippen molar-refractivity contribution in [3.63, 3.8) is 0 Å². The lowest BCUT2D eigenvalue weighted by Crippen LogP contribution is -2.30. The summed E-state index contributed by atoms with van der Waals surface area (Å²) < 4.78 is 10.9. The van der Waals surface area contributed by atoms with Crippen molar-refractivity contribution >= 4 is 11.6 Å². The van der Waals surface area contributed by atoms with E-state index in [0.717, 1.165) is 16.8 Å². The van der Waals surface area contributed by atoms with E-state index in [2.05, 4.69) is 5.32 Å². The van der Waals surface area contributed by atoms with Crippen LogP contribution in [-0.2, 0) is 4.79 Å². The highest BCUT2D eigenvalue weighted by atomic mass is 16.5. The van der Waals surface area contributed by atoms with Crippen LogP contribution in [0.2, 0.25) is 0 Å². The zero-order valence-electron chi connectivity index (χ0n) is 13.3. The lowest BCUT2D eigenvalue weighted by molar-refractivity contribution is -0.122. The predicted molar refractivity (Wildman–Crippen MR) is 87.6 cm³/mol. The van der Waals surface area contributed by atoms with Gasteiger partial charge in [-0.3, -0.25) is 4.79 Å². The molecule has 0 fully saturated rings. The number of benzene rings is 2. The molecule has 0 bridgehead atoms. The molecule has 0 spiro atoms. The van der Waals surface area contributed by atoms with Crippen LogP contribution in [0, 0.1) is 13.8 Å². The van der Waals surface area contributed by atoms with Crippen LogP contribution >= 0.6 is 0 Å². The summed E-state index contributed by atoms with van der Waals surface area (Å²) in [6.07, 6.45) is -0.629. The number of ether oxygens (including phenoxy) is 2. The maximum absolute atomic E-state index is 12.3. The van der Waals surface area contributed by atoms with Gasteiger partial charge in [0.25, 0.3) is 5.91 Å². The number of carbonyl (C=O) groups is 1. The molecule has 2 rings (SSSR count). The van der Waals surface area contributed by atoms with E-state index in [0.29, 0.717) is 11.5 Å². The average molecular weight is 299 g/mol. The number of aryl methyl sites for hydroxylation is 2. The van der Waals surface area contributed by atoms with E-state index in [4.69, 9.17) is 9.47 Å². The van der Waals surface area contributed by atoms with E-state index >= 15 is 0 Å². The molecule has 0 radical (unpaired) electrons. The van der Waals surface area contributed by atoms with Gasteiger partial charge >= 0.3 is 0 Å². The van der Waals surface area contributed by atoms with Gasteiger partial charge < -0.3 is 14.8 Å². The van der Waals surface area contributed by atoms with Gasteiger partial charge in [0, 0.05) is 5.69 Å². The van der Waals surface area contributed by atoms with Gasteiger partial charge in [0.05, 0.1) is 7.11 Å². The fraction of sp³-hybridized carbons (Fsp3) is 0.278. The molecule has 116 valence electrons. The number of methoxy groups -OCH3 is 1. The molecule has 0 saturated carbocycles. The number of nitrogens with one attached hydrogen (secondary N) is 1. The van der Waals surface area contributed by atoms with Crippen LogP contribution in [0.3, 0.4) is 0 Å². The summed E-state index contributed by atoms with van der Waals surface area (Å²) in [5, 5.41) is 2.90. The summed E-state index contributed by atoms with van der Waals surface area (Å²) in [7, 11) is 1.57. The number of amides is 1. The fourth-order valence-electron chi connectivity index (χ4n) is 2.07. The van der Waals surface area contributed by atoms with Gasteiger partial charge in [-0.05, 0) is 50.1 Å². The number of carbonyl (C=O) groups excluding carboxylic acids is 1. The third-order valence-corrected chi connectivity index (χ3v) is 3.39. The van der Waals surface area contributed by atoms with Crippen molar-refractivity contribution in [3.8, 4) is 11.5 Å². The van der Waals surface area contributed by atoms with Crippen LogP contribution in [0.15, 0.2) is 42.5 Å². The maximum Gasteiger partial charge on any atom is 0.265 e. The average Bonchev–Trinajstić information content (AvgIpc) is 2.51. The van der Waals surface area contributed by atoms with Crippen LogP contribution in [0.4, 0.5) is 5.69 Å². The third-order valence-electron chi connectivity index (χ3n) is 3.39. The number of hydrogen-bond acceptors (Lipinski definition) is 3. The van der Waals surface area contributed by atoms with E-state index in [9.17, 15) is 4.79 Å². The van der Waals surface area contributed by atoms with E-state index in [1.54, 1.807) is 26.2 Å². The molecule has 0 heterocycles. The Hall–Kier alpha value is -2.49. The van der Waals surface area contributed by atoms with Crippen molar-refractivity contribution in [2.75, 3.05) is 12.4 Å². The lowest BCUT2D eigenvalue weighted by atomic mass is 10.1. The van der Waals surface area contributed by atoms with Gasteiger partial charge in [-0.2, -0.15) is 0 Å². The zero-order chi connectivity index (χ0) is 16.1. The molecule has 1 amide bonds. The summed E-state index contributed by atoms with van der Waals surface area (Å²) in [5.41, 5.74) is 2.92. The smallest absolute Gasteiger partial charge is 0.265 e. The number of anilines is 1. The standard InChI is InChI=1S/C18H21NO3/c1-12-9-10-13(2)15(11-12)19-18(20)14(3)22-17-8-6-5-7-16(17)21-4/h5-11,14H,1-4H3,(H,19,20)/t14-/m0/s1. The van der Waals surface area contributed by atoms with Gasteiger partial charge in [0.15, 0.2) is 17.6 Å². The first-order valence-electron chi connectivity index (χ1n) is 7.19. The SMILES string of the molecule is COc1ccccc1O[C@@H](C)C(=O)Nc1cc(C)ccc1C. The summed E-state index contributed by atoms with van der Waals surface area (Å²) in [6.45, 7) is 5.66. The van der Waals surface area contributed by atoms with Crippen molar-refractivity contribution in [1.82, 2.24) is 0 Å². The molecule has 0 aliphatic heterocycles. The predicted octanol–water partition coefficient (Wildman–Crippen LogP) is 3.72. The van der Waals surface area contributed by atoms with E-state index in [1.165, 1.54) is 0 Å². The highest BCUT2D eigenvalue weighted by Gasteiger charge is 2.17. The van der Waals surface area contributed by atoms with Gasteiger partial charge in [0.1, 0.15) is 0 Å². The summed E-state index contributed by atoms with van der Waals surface area (Å²) in [5.74, 6) is 0.960. The first-order valence-corrected chi connectivity index (χ1v) is 7.19. The van der Waals surface area contributed by atoms with Crippen LogP contribution in [-0.4, -0.2) is 19.1 Å². The Morgan fingerprint density at radius 2 is 1.77 bits per heavy atom. The molecular formula is C18H21NO3. The van der Waals surface area contributed by atoms with Crippen LogP contribution in [0.25, 0.3) is 0 Å². The van der Waals surface area contributed by atoms with Gasteiger partial charge in [-0.15, -0.1) is 0 Å². The largest absolute Gasteiger partial charge is 0.493 e. The first-order chi connectivity index (χ1) is 10.5. The zero-order valence-corrected chi connectivity index (χ0v) is 13.3. The summed E-state index contributed by atoms with van der Waals surface area (Å²) in [4.78, 5) is 12.3. The second-order valence-corrected chi connectivity index (χ2v) is 5.22. The van der Waals surface area contributed by atoms with Gasteiger partial charge in [-0.1, -0.05) is 24.3 Å². The van der Waals surface area contributed by atoms with Crippen LogP contribution < -0.4 is 14.8 Å². The van der Waals surface area contributed by atoms with Crippen molar-refractivity contribution in [2.45, 2.75) is 26.9 Å². The van der Waals surface area contributed by atoms with Gasteiger partial charge in [-0.25, -0.2) is 0 Å². The highest BCUT2D eigenvalue weighted by Crippen LogP contribution is 2.27. The monoisotopic (exact) mass is 299 g/mol. The maximum atomic E-state index is 12.3. The van der Waals surface area contributed by atoms with Crippen molar-refractivity contribution in [1.29, 1.82) is 0 Å². The minimum atomic E-state index is -0.629. The third kappa shape index (κ3) is 3.79. The van der Waals surface area contributed by atoms with Gasteiger partial charge in [0.2, 0.25) is 0 Å². The molecule has 2 aromatic rings. The molecule has 0 saturated heterocycles. The van der Waals surface area contributed by atoms with Crippen LogP contribution in [0.1, 0.15) is 18.1 Å². The molecule has 1 N–H and O–H groups in total. The second kappa shape index (κ2) is 6.98. The molecule has 2 aromatic carbocycles. The topological polar surface area (TPSA) is 47.6 Å². The minimum Gasteiger partial charge on any atom is -0.493 e. The molecule has 0 aromatic heterocycles. The molecule has 0 unspecified atom stereocenters. The molecule has 0 aliphatic carbocycles. The first kappa shape index (κ1) is 15.9. The molecule has 22 heavy (non-hydrogen) atoms. The van der Waals surface area contributed by atoms with Crippen molar-refractivity contribution in [2.24, 2.45) is 0 Å². The minimum absolute atomic E-state index is 0.195. The fourth-order valence-corrected chi connectivity index (χ4v) is 2.07. The summed E-state index contributed by atoms with van der Waals surface area (Å²) >= 11 is 0. The lowest BCUT2D eigenvalue weighted by Gasteiger charge is -2.17. The van der Waals surface area contributed by atoms with E-state index in [1.807, 2.05) is 44.2 Å². The molecule has 4 nitrogen and oxygen atoms in total. The molecular weight excluding hydrogens is 278 g/mol. The Balaban J connectivity index is 2.07. The number of para-hydroxylation sites is 2. The Kier molecular flexibility index (Phi) is 5.04. The Bertz CT molecular complexity index is 667. The number of hydrogen-bond donors (Lipinski definition) is 1. The van der Waals surface area contributed by atoms with Crippen molar-refractivity contribution < 1.29 is 14.3 Å². The second-order valence-electron chi connectivity index (χ2n) is 5.22. The Morgan fingerprint density at radius 3 is 2.45 bits per heavy atom. The Morgan fingerprint density at radius 1 is 1.09 bits per heavy atom. The van der Waals surface area contributed by atoms with Crippen LogP contribution in [0.5, 0.6) is 11.5 Å². The molecule has 1 atom stereocenters.